The van der Waals surface area contributed by atoms with Gasteiger partial charge in [-0.25, -0.2) is 4.79 Å². The van der Waals surface area contributed by atoms with Crippen molar-refractivity contribution >= 4 is 11.8 Å². The molecule has 4 rings (SSSR count). The van der Waals surface area contributed by atoms with Crippen molar-refractivity contribution in [3.8, 4) is 5.75 Å². The minimum Gasteiger partial charge on any atom is -0.493 e. The van der Waals surface area contributed by atoms with Crippen molar-refractivity contribution in [1.29, 1.82) is 0 Å². The van der Waals surface area contributed by atoms with Gasteiger partial charge in [0.05, 0.1) is 12.7 Å². The first-order valence-electron chi connectivity index (χ1n) is 10.0. The second kappa shape index (κ2) is 8.30. The van der Waals surface area contributed by atoms with Crippen molar-refractivity contribution in [2.24, 2.45) is 11.8 Å². The van der Waals surface area contributed by atoms with Gasteiger partial charge < -0.3 is 19.3 Å². The van der Waals surface area contributed by atoms with E-state index in [4.69, 9.17) is 9.47 Å². The third kappa shape index (κ3) is 4.43. The first-order valence-corrected chi connectivity index (χ1v) is 10.0. The first kappa shape index (κ1) is 18.3. The largest absolute Gasteiger partial charge is 0.493 e. The van der Waals surface area contributed by atoms with Gasteiger partial charge in [0, 0.05) is 38.5 Å². The van der Waals surface area contributed by atoms with Crippen LogP contribution in [0.15, 0.2) is 30.3 Å². The van der Waals surface area contributed by atoms with E-state index in [2.05, 4.69) is 0 Å². The molecule has 0 aliphatic carbocycles. The topological polar surface area (TPSA) is 59.1 Å². The van der Waals surface area contributed by atoms with Crippen LogP contribution in [0.1, 0.15) is 25.7 Å². The van der Waals surface area contributed by atoms with Crippen LogP contribution in [0.3, 0.4) is 0 Å². The van der Waals surface area contributed by atoms with Crippen molar-refractivity contribution in [2.45, 2.75) is 31.8 Å². The molecule has 1 aromatic carbocycles. The molecule has 1 aromatic rings. The van der Waals surface area contributed by atoms with Gasteiger partial charge in [0.15, 0.2) is 5.78 Å². The van der Waals surface area contributed by atoms with Gasteiger partial charge in [0.1, 0.15) is 12.4 Å². The molecule has 0 N–H and O–H groups in total. The summed E-state index contributed by atoms with van der Waals surface area (Å²) in [4.78, 5) is 28.4. The third-order valence-corrected chi connectivity index (χ3v) is 6.00. The summed E-state index contributed by atoms with van der Waals surface area (Å²) in [6.45, 7) is 3.88. The number of carbonyl (C=O) groups excluding carboxylic acids is 2. The van der Waals surface area contributed by atoms with Crippen molar-refractivity contribution in [1.82, 2.24) is 9.80 Å². The van der Waals surface area contributed by atoms with Crippen molar-refractivity contribution in [3.05, 3.63) is 30.3 Å². The Labute approximate surface area is 160 Å². The van der Waals surface area contributed by atoms with Crippen molar-refractivity contribution < 1.29 is 19.1 Å². The minimum absolute atomic E-state index is 0.119. The quantitative estimate of drug-likeness (QED) is 0.818. The molecule has 146 valence electrons. The van der Waals surface area contributed by atoms with Gasteiger partial charge in [0.2, 0.25) is 0 Å². The van der Waals surface area contributed by atoms with Crippen LogP contribution in [0, 0.1) is 11.8 Å². The van der Waals surface area contributed by atoms with Crippen LogP contribution in [-0.2, 0) is 9.53 Å². The molecule has 3 fully saturated rings. The Kier molecular flexibility index (Phi) is 5.62. The number of benzene rings is 1. The Balaban J connectivity index is 1.23. The highest BCUT2D eigenvalue weighted by Crippen LogP contribution is 2.28. The number of ketones is 1. The smallest absolute Gasteiger partial charge is 0.320 e. The average molecular weight is 372 g/mol. The van der Waals surface area contributed by atoms with E-state index in [1.54, 1.807) is 0 Å². The number of rotatable bonds is 3. The molecule has 0 saturated carbocycles. The van der Waals surface area contributed by atoms with E-state index in [1.165, 1.54) is 0 Å². The number of likely N-dealkylation sites (tertiary alicyclic amines) is 2. The standard InChI is InChI=1S/C21H28N2O4/c24-18-12-17-13-23(11-8-20(17)27-15-18)21(25)22-9-6-16(7-10-22)14-26-19-4-2-1-3-5-19/h1-5,16-17,20H,6-15H2/t17-,20+/m1/s1. The highest BCUT2D eigenvalue weighted by molar-refractivity contribution is 5.81. The molecule has 3 saturated heterocycles. The minimum atomic E-state index is 0.119. The number of para-hydroxylation sites is 1. The van der Waals surface area contributed by atoms with Gasteiger partial charge in [-0.2, -0.15) is 0 Å². The average Bonchev–Trinajstić information content (AvgIpc) is 2.72. The predicted octanol–water partition coefficient (Wildman–Crippen LogP) is 2.58. The zero-order valence-corrected chi connectivity index (χ0v) is 15.7. The molecular formula is C21H28N2O4. The maximum Gasteiger partial charge on any atom is 0.320 e. The van der Waals surface area contributed by atoms with E-state index in [1.807, 2.05) is 40.1 Å². The number of piperidine rings is 2. The van der Waals surface area contributed by atoms with E-state index in [0.29, 0.717) is 25.5 Å². The molecule has 0 radical (unpaired) electrons. The lowest BCUT2D eigenvalue weighted by Crippen LogP contribution is -2.54. The molecule has 27 heavy (non-hydrogen) atoms. The predicted molar refractivity (Wildman–Crippen MR) is 101 cm³/mol. The van der Waals surface area contributed by atoms with Gasteiger partial charge >= 0.3 is 6.03 Å². The fourth-order valence-corrected chi connectivity index (χ4v) is 4.37. The monoisotopic (exact) mass is 372 g/mol. The summed E-state index contributed by atoms with van der Waals surface area (Å²) in [5.74, 6) is 1.72. The number of amides is 2. The van der Waals surface area contributed by atoms with Gasteiger partial charge in [-0.05, 0) is 37.3 Å². The van der Waals surface area contributed by atoms with Crippen molar-refractivity contribution in [3.63, 3.8) is 0 Å². The first-order chi connectivity index (χ1) is 13.2. The Bertz CT molecular complexity index is 657. The molecule has 6 heteroatoms. The summed E-state index contributed by atoms with van der Waals surface area (Å²) in [5.41, 5.74) is 0. The third-order valence-electron chi connectivity index (χ3n) is 6.00. The highest BCUT2D eigenvalue weighted by atomic mass is 16.5. The fraction of sp³-hybridized carbons (Fsp3) is 0.619. The van der Waals surface area contributed by atoms with Gasteiger partial charge in [0.25, 0.3) is 0 Å². The lowest BCUT2D eigenvalue weighted by Gasteiger charge is -2.43. The van der Waals surface area contributed by atoms with E-state index in [-0.39, 0.29) is 30.4 Å². The van der Waals surface area contributed by atoms with Crippen LogP contribution >= 0.6 is 0 Å². The van der Waals surface area contributed by atoms with Crippen LogP contribution < -0.4 is 4.74 Å². The van der Waals surface area contributed by atoms with Crippen LogP contribution in [-0.4, -0.2) is 67.1 Å². The second-order valence-electron chi connectivity index (χ2n) is 7.92. The molecule has 0 aromatic heterocycles. The summed E-state index contributed by atoms with van der Waals surface area (Å²) < 4.78 is 11.5. The number of nitrogens with zero attached hydrogens (tertiary/aromatic N) is 2. The number of hydrogen-bond donors (Lipinski definition) is 0. The van der Waals surface area contributed by atoms with Gasteiger partial charge in [-0.1, -0.05) is 18.2 Å². The maximum atomic E-state index is 12.9. The summed E-state index contributed by atoms with van der Waals surface area (Å²) in [7, 11) is 0. The SMILES string of the molecule is O=C1CO[C@H]2CCN(C(=O)N3CCC(COc4ccccc4)CC3)C[C@H]2C1. The molecule has 0 spiro atoms. The molecule has 3 aliphatic heterocycles. The van der Waals surface area contributed by atoms with Crippen LogP contribution in [0.5, 0.6) is 5.75 Å². The number of Topliss-reactive ketones (excluding diaryl/α,β-unsaturated/α-hetero) is 1. The summed E-state index contributed by atoms with van der Waals surface area (Å²) >= 11 is 0. The Hall–Kier alpha value is -2.08. The van der Waals surface area contributed by atoms with E-state index in [0.717, 1.165) is 44.6 Å². The van der Waals surface area contributed by atoms with Crippen LogP contribution in [0.4, 0.5) is 4.79 Å². The molecule has 2 atom stereocenters. The van der Waals surface area contributed by atoms with Crippen LogP contribution in [0.2, 0.25) is 0 Å². The summed E-state index contributed by atoms with van der Waals surface area (Å²) in [5, 5.41) is 0. The van der Waals surface area contributed by atoms with Gasteiger partial charge in [-0.15, -0.1) is 0 Å². The molecule has 0 unspecified atom stereocenters. The molecule has 2 amide bonds. The lowest BCUT2D eigenvalue weighted by atomic mass is 9.88. The number of carbonyl (C=O) groups is 2. The summed E-state index contributed by atoms with van der Waals surface area (Å²) in [6, 6.07) is 10.0. The van der Waals surface area contributed by atoms with E-state index < -0.39 is 0 Å². The second-order valence-corrected chi connectivity index (χ2v) is 7.92. The highest BCUT2D eigenvalue weighted by Gasteiger charge is 2.38. The zero-order valence-electron chi connectivity index (χ0n) is 15.7. The number of fused-ring (bicyclic) bond motifs is 1. The molecule has 0 bridgehead atoms. The maximum absolute atomic E-state index is 12.9. The fourth-order valence-electron chi connectivity index (χ4n) is 4.37. The number of ether oxygens (including phenoxy) is 2. The number of hydrogen-bond acceptors (Lipinski definition) is 4. The van der Waals surface area contributed by atoms with Gasteiger partial charge in [-0.3, -0.25) is 4.79 Å². The zero-order chi connectivity index (χ0) is 18.6. The molecule has 3 aliphatic rings. The molecule has 3 heterocycles. The Morgan fingerprint density at radius 1 is 1.07 bits per heavy atom. The van der Waals surface area contributed by atoms with Crippen LogP contribution in [0.25, 0.3) is 0 Å². The lowest BCUT2D eigenvalue weighted by molar-refractivity contribution is -0.140. The summed E-state index contributed by atoms with van der Waals surface area (Å²) in [6.07, 6.45) is 3.48. The Morgan fingerprint density at radius 2 is 1.81 bits per heavy atom. The number of urea groups is 1. The van der Waals surface area contributed by atoms with E-state index >= 15 is 0 Å². The normalized spacial score (nSPS) is 26.6. The van der Waals surface area contributed by atoms with Crippen molar-refractivity contribution in [2.75, 3.05) is 39.4 Å². The van der Waals surface area contributed by atoms with E-state index in [9.17, 15) is 9.59 Å². The molecule has 6 nitrogen and oxygen atoms in total. The molecular weight excluding hydrogens is 344 g/mol. The Morgan fingerprint density at radius 3 is 2.59 bits per heavy atom.